The smallest absolute Gasteiger partial charge is 0.138 e. The predicted molar refractivity (Wildman–Crippen MR) is 63.2 cm³/mol. The van der Waals surface area contributed by atoms with Crippen molar-refractivity contribution < 1.29 is 0 Å². The summed E-state index contributed by atoms with van der Waals surface area (Å²) in [5.41, 5.74) is 0. The van der Waals surface area contributed by atoms with E-state index in [4.69, 9.17) is 11.6 Å². The summed E-state index contributed by atoms with van der Waals surface area (Å²) < 4.78 is 1.96. The van der Waals surface area contributed by atoms with E-state index in [1.54, 1.807) is 6.33 Å². The molecule has 4 heteroatoms. The van der Waals surface area contributed by atoms with Crippen LogP contribution in [0.3, 0.4) is 0 Å². The van der Waals surface area contributed by atoms with Crippen molar-refractivity contribution in [1.29, 1.82) is 0 Å². The largest absolute Gasteiger partial charge is 0.248 e. The fraction of sp³-hybridized carbons (Fsp3) is 0.818. The minimum atomic E-state index is 0.224. The van der Waals surface area contributed by atoms with Crippen LogP contribution < -0.4 is 0 Å². The lowest BCUT2D eigenvalue weighted by Gasteiger charge is -2.14. The highest BCUT2D eigenvalue weighted by atomic mass is 35.5. The summed E-state index contributed by atoms with van der Waals surface area (Å²) in [6, 6.07) is 0.371. The maximum Gasteiger partial charge on any atom is 0.138 e. The van der Waals surface area contributed by atoms with Crippen molar-refractivity contribution >= 4 is 11.6 Å². The van der Waals surface area contributed by atoms with Gasteiger partial charge in [-0.05, 0) is 26.2 Å². The molecule has 1 atom stereocenters. The van der Waals surface area contributed by atoms with Gasteiger partial charge < -0.3 is 0 Å². The first-order valence-electron chi connectivity index (χ1n) is 5.54. The molecule has 0 aromatic carbocycles. The van der Waals surface area contributed by atoms with Crippen LogP contribution in [-0.4, -0.2) is 20.1 Å². The Kier molecular flexibility index (Phi) is 4.58. The van der Waals surface area contributed by atoms with Crippen LogP contribution in [0.2, 0.25) is 0 Å². The van der Waals surface area contributed by atoms with Crippen LogP contribution in [0.25, 0.3) is 0 Å². The Morgan fingerprint density at radius 1 is 1.33 bits per heavy atom. The normalized spacial score (nSPS) is 13.8. The van der Waals surface area contributed by atoms with Gasteiger partial charge in [-0.1, -0.05) is 13.8 Å². The third-order valence-corrected chi connectivity index (χ3v) is 3.23. The highest BCUT2D eigenvalue weighted by Crippen LogP contribution is 2.16. The zero-order chi connectivity index (χ0) is 11.4. The van der Waals surface area contributed by atoms with E-state index in [9.17, 15) is 0 Å². The molecule has 0 spiro atoms. The lowest BCUT2D eigenvalue weighted by atomic mass is 10.1. The van der Waals surface area contributed by atoms with Gasteiger partial charge in [0.2, 0.25) is 0 Å². The Bertz CT molecular complexity index is 294. The molecular weight excluding hydrogens is 210 g/mol. The number of hydrogen-bond acceptors (Lipinski definition) is 2. The number of alkyl halides is 1. The summed E-state index contributed by atoms with van der Waals surface area (Å²) in [6.45, 7) is 8.51. The summed E-state index contributed by atoms with van der Waals surface area (Å²) in [5, 5.41) is 4.43. The second kappa shape index (κ2) is 5.50. The van der Waals surface area contributed by atoms with Crippen molar-refractivity contribution in [3.8, 4) is 0 Å². The summed E-state index contributed by atoms with van der Waals surface area (Å²) in [7, 11) is 0. The predicted octanol–water partition coefficient (Wildman–Crippen LogP) is 3.06. The van der Waals surface area contributed by atoms with E-state index in [1.807, 2.05) is 4.68 Å². The van der Waals surface area contributed by atoms with Gasteiger partial charge in [0, 0.05) is 17.8 Å². The van der Waals surface area contributed by atoms with Gasteiger partial charge in [-0.2, -0.15) is 5.10 Å². The summed E-state index contributed by atoms with van der Waals surface area (Å²) in [5.74, 6) is 1.55. The van der Waals surface area contributed by atoms with Gasteiger partial charge in [0.15, 0.2) is 0 Å². The van der Waals surface area contributed by atoms with E-state index >= 15 is 0 Å². The van der Waals surface area contributed by atoms with Crippen LogP contribution in [0.5, 0.6) is 0 Å². The van der Waals surface area contributed by atoms with E-state index in [1.165, 1.54) is 0 Å². The molecule has 0 N–H and O–H groups in total. The number of aromatic nitrogens is 3. The van der Waals surface area contributed by atoms with Crippen LogP contribution in [0.15, 0.2) is 6.33 Å². The maximum absolute atomic E-state index is 6.21. The summed E-state index contributed by atoms with van der Waals surface area (Å²) >= 11 is 6.21. The van der Waals surface area contributed by atoms with Crippen molar-refractivity contribution in [1.82, 2.24) is 14.8 Å². The van der Waals surface area contributed by atoms with Crippen molar-refractivity contribution in [3.05, 3.63) is 12.2 Å². The molecule has 0 aliphatic rings. The van der Waals surface area contributed by atoms with Crippen LogP contribution >= 0.6 is 11.6 Å². The van der Waals surface area contributed by atoms with E-state index < -0.39 is 0 Å². The first kappa shape index (κ1) is 12.5. The Morgan fingerprint density at radius 2 is 2.00 bits per heavy atom. The van der Waals surface area contributed by atoms with Crippen molar-refractivity contribution in [2.24, 2.45) is 5.92 Å². The molecule has 1 aromatic heterocycles. The zero-order valence-electron chi connectivity index (χ0n) is 9.94. The number of nitrogens with zero attached hydrogens (tertiary/aromatic N) is 3. The van der Waals surface area contributed by atoms with Crippen LogP contribution in [0, 0.1) is 5.92 Å². The fourth-order valence-electron chi connectivity index (χ4n) is 1.48. The second-order valence-corrected chi connectivity index (χ2v) is 5.07. The molecule has 0 fully saturated rings. The quantitative estimate of drug-likeness (QED) is 0.727. The zero-order valence-corrected chi connectivity index (χ0v) is 10.7. The van der Waals surface area contributed by atoms with E-state index in [0.717, 1.165) is 18.7 Å². The number of rotatable bonds is 5. The molecule has 0 amide bonds. The molecule has 1 rings (SSSR count). The van der Waals surface area contributed by atoms with E-state index in [-0.39, 0.29) is 5.38 Å². The topological polar surface area (TPSA) is 30.7 Å². The van der Waals surface area contributed by atoms with E-state index in [0.29, 0.717) is 12.0 Å². The minimum absolute atomic E-state index is 0.224. The molecule has 1 heterocycles. The molecule has 0 aliphatic carbocycles. The summed E-state index contributed by atoms with van der Waals surface area (Å²) in [4.78, 5) is 4.26. The summed E-state index contributed by atoms with van der Waals surface area (Å²) in [6.07, 6.45) is 3.49. The van der Waals surface area contributed by atoms with Crippen LogP contribution in [0.4, 0.5) is 0 Å². The fourth-order valence-corrected chi connectivity index (χ4v) is 1.59. The van der Waals surface area contributed by atoms with Gasteiger partial charge in [-0.25, -0.2) is 9.67 Å². The number of aryl methyl sites for hydroxylation is 1. The number of halogens is 1. The molecule has 0 bridgehead atoms. The van der Waals surface area contributed by atoms with Crippen molar-refractivity contribution in [3.63, 3.8) is 0 Å². The van der Waals surface area contributed by atoms with Gasteiger partial charge >= 0.3 is 0 Å². The minimum Gasteiger partial charge on any atom is -0.248 e. The Hall–Kier alpha value is -0.570. The maximum atomic E-state index is 6.21. The molecular formula is C11H20ClN3. The Labute approximate surface area is 96.8 Å². The third-order valence-electron chi connectivity index (χ3n) is 2.50. The molecule has 0 saturated heterocycles. The first-order chi connectivity index (χ1) is 7.02. The average molecular weight is 230 g/mol. The van der Waals surface area contributed by atoms with Crippen LogP contribution in [-0.2, 0) is 6.42 Å². The highest BCUT2D eigenvalue weighted by molar-refractivity contribution is 6.20. The standard InChI is InChI=1S/C11H20ClN3/c1-8(2)10(12)5-6-11-13-7-14-15(11)9(3)4/h7-10H,5-6H2,1-4H3. The first-order valence-corrected chi connectivity index (χ1v) is 5.98. The molecule has 1 unspecified atom stereocenters. The lowest BCUT2D eigenvalue weighted by molar-refractivity contribution is 0.488. The van der Waals surface area contributed by atoms with Crippen molar-refractivity contribution in [2.75, 3.05) is 0 Å². The Morgan fingerprint density at radius 3 is 2.53 bits per heavy atom. The molecule has 0 radical (unpaired) electrons. The van der Waals surface area contributed by atoms with Gasteiger partial charge in [-0.15, -0.1) is 11.6 Å². The molecule has 0 aliphatic heterocycles. The average Bonchev–Trinajstić information content (AvgIpc) is 2.61. The molecule has 3 nitrogen and oxygen atoms in total. The SMILES string of the molecule is CC(C)C(Cl)CCc1ncnn1C(C)C. The van der Waals surface area contributed by atoms with Crippen LogP contribution in [0.1, 0.15) is 46.0 Å². The van der Waals surface area contributed by atoms with E-state index in [2.05, 4.69) is 37.8 Å². The van der Waals surface area contributed by atoms with Gasteiger partial charge in [0.05, 0.1) is 0 Å². The Balaban J connectivity index is 2.54. The van der Waals surface area contributed by atoms with Gasteiger partial charge in [0.25, 0.3) is 0 Å². The molecule has 86 valence electrons. The highest BCUT2D eigenvalue weighted by Gasteiger charge is 2.13. The lowest BCUT2D eigenvalue weighted by Crippen LogP contribution is -2.13. The molecule has 1 aromatic rings. The second-order valence-electron chi connectivity index (χ2n) is 4.51. The molecule has 0 saturated carbocycles. The molecule has 15 heavy (non-hydrogen) atoms. The monoisotopic (exact) mass is 229 g/mol. The van der Waals surface area contributed by atoms with Gasteiger partial charge in [-0.3, -0.25) is 0 Å². The van der Waals surface area contributed by atoms with Gasteiger partial charge in [0.1, 0.15) is 12.2 Å². The number of hydrogen-bond donors (Lipinski definition) is 0. The third kappa shape index (κ3) is 3.49. The van der Waals surface area contributed by atoms with Crippen molar-refractivity contribution in [2.45, 2.75) is 52.0 Å².